The second kappa shape index (κ2) is 8.60. The van der Waals surface area contributed by atoms with Gasteiger partial charge in [0.1, 0.15) is 0 Å². The molecule has 4 aromatic rings. The van der Waals surface area contributed by atoms with E-state index in [1.165, 1.54) is 10.8 Å². The number of nitrogens with one attached hydrogen (secondary N) is 2. The van der Waals surface area contributed by atoms with Crippen LogP contribution in [0.4, 0.5) is 22.7 Å². The first-order valence-electron chi connectivity index (χ1n) is 11.0. The number of anilines is 4. The van der Waals surface area contributed by atoms with Gasteiger partial charge in [-0.1, -0.05) is 55.5 Å². The molecule has 5 rings (SSSR count). The summed E-state index contributed by atoms with van der Waals surface area (Å²) in [5.41, 5.74) is 5.82. The molecule has 1 amide bonds. The molecule has 1 heterocycles. The maximum absolute atomic E-state index is 12.8. The number of rotatable bonds is 4. The molecule has 0 unspecified atom stereocenters. The molecule has 0 atom stereocenters. The van der Waals surface area contributed by atoms with Crippen LogP contribution in [0.2, 0.25) is 0 Å². The summed E-state index contributed by atoms with van der Waals surface area (Å²) >= 11 is 0. The second-order valence-electron chi connectivity index (χ2n) is 7.83. The third kappa shape index (κ3) is 3.71. The van der Waals surface area contributed by atoms with Crippen molar-refractivity contribution in [1.82, 2.24) is 0 Å². The number of nitrogens with zero attached hydrogens (tertiary/aromatic N) is 1. The van der Waals surface area contributed by atoms with Crippen LogP contribution in [-0.2, 0) is 6.42 Å². The smallest absolute Gasteiger partial charge is 0.255 e. The summed E-state index contributed by atoms with van der Waals surface area (Å²) in [5.74, 6) is -0.0779. The van der Waals surface area contributed by atoms with E-state index in [1.54, 1.807) is 0 Å². The maximum atomic E-state index is 12.8. The van der Waals surface area contributed by atoms with E-state index in [-0.39, 0.29) is 5.91 Å². The number of fused-ring (bicyclic) bond motifs is 3. The Kier molecular flexibility index (Phi) is 5.34. The van der Waals surface area contributed by atoms with Crippen molar-refractivity contribution >= 4 is 39.4 Å². The maximum Gasteiger partial charge on any atom is 0.255 e. The van der Waals surface area contributed by atoms with Gasteiger partial charge in [-0.25, -0.2) is 0 Å². The van der Waals surface area contributed by atoms with Crippen LogP contribution in [0.5, 0.6) is 0 Å². The van der Waals surface area contributed by atoms with Crippen LogP contribution < -0.4 is 15.5 Å². The van der Waals surface area contributed by atoms with Gasteiger partial charge in [0.25, 0.3) is 5.91 Å². The molecule has 4 nitrogen and oxygen atoms in total. The zero-order chi connectivity index (χ0) is 21.9. The van der Waals surface area contributed by atoms with Crippen molar-refractivity contribution in [3.8, 4) is 0 Å². The minimum Gasteiger partial charge on any atom is -0.379 e. The zero-order valence-electron chi connectivity index (χ0n) is 18.0. The Labute approximate surface area is 188 Å². The number of hydrogen-bond acceptors (Lipinski definition) is 3. The summed E-state index contributed by atoms with van der Waals surface area (Å²) in [6, 6.07) is 28.4. The fourth-order valence-electron chi connectivity index (χ4n) is 4.23. The first-order chi connectivity index (χ1) is 15.7. The molecule has 0 aromatic heterocycles. The molecule has 0 spiro atoms. The zero-order valence-corrected chi connectivity index (χ0v) is 18.0. The lowest BCUT2D eigenvalue weighted by Gasteiger charge is -2.23. The monoisotopic (exact) mass is 419 g/mol. The molecule has 2 N–H and O–H groups in total. The van der Waals surface area contributed by atoms with E-state index in [0.717, 1.165) is 46.8 Å². The average molecular weight is 420 g/mol. The average Bonchev–Trinajstić information content (AvgIpc) is 3.07. The molecule has 0 bridgehead atoms. The van der Waals surface area contributed by atoms with Crippen molar-refractivity contribution in [1.29, 1.82) is 0 Å². The molecule has 32 heavy (non-hydrogen) atoms. The minimum atomic E-state index is -0.0779. The van der Waals surface area contributed by atoms with Crippen LogP contribution in [0.15, 0.2) is 97.2 Å². The topological polar surface area (TPSA) is 44.4 Å². The highest BCUT2D eigenvalue weighted by molar-refractivity contribution is 6.05. The van der Waals surface area contributed by atoms with Crippen molar-refractivity contribution in [2.24, 2.45) is 0 Å². The number of carbonyl (C=O) groups is 1. The molecular formula is C28H25N3O. The molecule has 0 saturated heterocycles. The fourth-order valence-corrected chi connectivity index (χ4v) is 4.23. The third-order valence-corrected chi connectivity index (χ3v) is 5.86. The van der Waals surface area contributed by atoms with E-state index >= 15 is 0 Å². The SMILES string of the molecule is CCc1ccccc1C(=O)Nc1ccc(N2C=CCNc3c2ccc2ccccc32)cc1. The standard InChI is InChI=1S/C28H25N3O/c1-2-20-8-3-6-11-25(20)28(32)30-22-13-15-23(16-14-22)31-19-7-18-29-27-24-10-5-4-9-21(24)12-17-26(27)31/h3-17,19,29H,2,18H2,1H3,(H,30,32). The predicted molar refractivity (Wildman–Crippen MR) is 134 cm³/mol. The third-order valence-electron chi connectivity index (χ3n) is 5.86. The van der Waals surface area contributed by atoms with E-state index in [0.29, 0.717) is 0 Å². The Morgan fingerprint density at radius 1 is 0.938 bits per heavy atom. The number of hydrogen-bond donors (Lipinski definition) is 2. The molecular weight excluding hydrogens is 394 g/mol. The molecule has 0 saturated carbocycles. The molecule has 0 fully saturated rings. The van der Waals surface area contributed by atoms with Crippen LogP contribution in [0, 0.1) is 0 Å². The minimum absolute atomic E-state index is 0.0779. The van der Waals surface area contributed by atoms with Crippen molar-refractivity contribution < 1.29 is 4.79 Å². The number of carbonyl (C=O) groups excluding carboxylic acids is 1. The van der Waals surface area contributed by atoms with Gasteiger partial charge in [-0.3, -0.25) is 4.79 Å². The number of amides is 1. The summed E-state index contributed by atoms with van der Waals surface area (Å²) in [4.78, 5) is 15.0. The van der Waals surface area contributed by atoms with Crippen LogP contribution in [-0.4, -0.2) is 12.5 Å². The van der Waals surface area contributed by atoms with Crippen LogP contribution in [0.1, 0.15) is 22.8 Å². The highest BCUT2D eigenvalue weighted by atomic mass is 16.1. The van der Waals surface area contributed by atoms with Gasteiger partial charge in [-0.2, -0.15) is 0 Å². The van der Waals surface area contributed by atoms with Crippen molar-refractivity contribution in [2.75, 3.05) is 22.1 Å². The molecule has 4 heteroatoms. The van der Waals surface area contributed by atoms with Gasteiger partial charge in [0.05, 0.1) is 11.4 Å². The van der Waals surface area contributed by atoms with Gasteiger partial charge in [0, 0.05) is 35.1 Å². The van der Waals surface area contributed by atoms with E-state index in [9.17, 15) is 4.79 Å². The predicted octanol–water partition coefficient (Wildman–Crippen LogP) is 6.73. The van der Waals surface area contributed by atoms with Gasteiger partial charge in [0.15, 0.2) is 0 Å². The largest absolute Gasteiger partial charge is 0.379 e. The van der Waals surface area contributed by atoms with Gasteiger partial charge in [0.2, 0.25) is 0 Å². The van der Waals surface area contributed by atoms with Crippen LogP contribution in [0.25, 0.3) is 10.8 Å². The van der Waals surface area contributed by atoms with Crippen molar-refractivity contribution in [2.45, 2.75) is 13.3 Å². The Bertz CT molecular complexity index is 1310. The molecule has 0 aliphatic carbocycles. The lowest BCUT2D eigenvalue weighted by molar-refractivity contribution is 0.102. The summed E-state index contributed by atoms with van der Waals surface area (Å²) < 4.78 is 0. The molecule has 4 aromatic carbocycles. The first-order valence-corrected chi connectivity index (χ1v) is 11.0. The van der Waals surface area contributed by atoms with Crippen molar-refractivity contribution in [3.63, 3.8) is 0 Å². The lowest BCUT2D eigenvalue weighted by atomic mass is 10.0. The molecule has 158 valence electrons. The van der Waals surface area contributed by atoms with Crippen LogP contribution in [0.3, 0.4) is 0 Å². The van der Waals surface area contributed by atoms with Gasteiger partial charge in [-0.15, -0.1) is 0 Å². The van der Waals surface area contributed by atoms with E-state index in [4.69, 9.17) is 0 Å². The summed E-state index contributed by atoms with van der Waals surface area (Å²) in [7, 11) is 0. The number of aryl methyl sites for hydroxylation is 1. The normalized spacial score (nSPS) is 12.7. The van der Waals surface area contributed by atoms with Crippen molar-refractivity contribution in [3.05, 3.63) is 108 Å². The molecule has 1 aliphatic rings. The van der Waals surface area contributed by atoms with Gasteiger partial charge in [-0.05, 0) is 59.8 Å². The highest BCUT2D eigenvalue weighted by Gasteiger charge is 2.16. The first kappa shape index (κ1) is 19.9. The van der Waals surface area contributed by atoms with Crippen LogP contribution >= 0.6 is 0 Å². The van der Waals surface area contributed by atoms with Gasteiger partial charge >= 0.3 is 0 Å². The van der Waals surface area contributed by atoms with E-state index < -0.39 is 0 Å². The molecule has 1 aliphatic heterocycles. The Morgan fingerprint density at radius 2 is 1.72 bits per heavy atom. The summed E-state index contributed by atoms with van der Waals surface area (Å²) in [5, 5.41) is 9.00. The Balaban J connectivity index is 1.43. The fraction of sp³-hybridized carbons (Fsp3) is 0.107. The Morgan fingerprint density at radius 3 is 2.56 bits per heavy atom. The Hall–Kier alpha value is -4.05. The quantitative estimate of drug-likeness (QED) is 0.385. The molecule has 0 radical (unpaired) electrons. The van der Waals surface area contributed by atoms with Gasteiger partial charge < -0.3 is 15.5 Å². The summed E-state index contributed by atoms with van der Waals surface area (Å²) in [6.07, 6.45) is 5.04. The number of benzene rings is 4. The van der Waals surface area contributed by atoms with E-state index in [1.807, 2.05) is 48.5 Å². The highest BCUT2D eigenvalue weighted by Crippen LogP contribution is 2.39. The lowest BCUT2D eigenvalue weighted by Crippen LogP contribution is -2.14. The van der Waals surface area contributed by atoms with E-state index in [2.05, 4.69) is 71.1 Å². The second-order valence-corrected chi connectivity index (χ2v) is 7.83. The summed E-state index contributed by atoms with van der Waals surface area (Å²) in [6.45, 7) is 2.83.